The molecule has 1 fully saturated rings. The lowest BCUT2D eigenvalue weighted by Gasteiger charge is -2.35. The van der Waals surface area contributed by atoms with Gasteiger partial charge in [-0.15, -0.1) is 0 Å². The van der Waals surface area contributed by atoms with Crippen molar-refractivity contribution in [2.75, 3.05) is 26.7 Å². The quantitative estimate of drug-likeness (QED) is 0.760. The van der Waals surface area contributed by atoms with E-state index in [4.69, 9.17) is 0 Å². The van der Waals surface area contributed by atoms with Crippen LogP contribution < -0.4 is 0 Å². The zero-order chi connectivity index (χ0) is 15.3. The van der Waals surface area contributed by atoms with Crippen LogP contribution in [0, 0.1) is 0 Å². The first-order chi connectivity index (χ1) is 9.36. The highest BCUT2D eigenvalue weighted by Crippen LogP contribution is 2.30. The van der Waals surface area contributed by atoms with E-state index in [0.29, 0.717) is 32.4 Å². The summed E-state index contributed by atoms with van der Waals surface area (Å²) in [6, 6.07) is -0.417. The maximum atomic E-state index is 12.5. The minimum absolute atomic E-state index is 0.157. The lowest BCUT2D eigenvalue weighted by Crippen LogP contribution is -2.56. The molecular weight excluding hydrogens is 264 g/mol. The van der Waals surface area contributed by atoms with E-state index in [-0.39, 0.29) is 6.54 Å². The van der Waals surface area contributed by atoms with Crippen LogP contribution in [0.5, 0.6) is 0 Å². The van der Waals surface area contributed by atoms with Gasteiger partial charge in [0.15, 0.2) is 0 Å². The van der Waals surface area contributed by atoms with Crippen molar-refractivity contribution in [1.29, 1.82) is 0 Å². The van der Waals surface area contributed by atoms with E-state index in [1.165, 1.54) is 16.9 Å². The fraction of sp³-hybridized carbons (Fsp3) is 0.769. The van der Waals surface area contributed by atoms with Crippen molar-refractivity contribution in [1.82, 2.24) is 9.80 Å². The first-order valence-electron chi connectivity index (χ1n) is 6.73. The number of hydrogen-bond donors (Lipinski definition) is 1. The summed E-state index contributed by atoms with van der Waals surface area (Å²) in [5.41, 5.74) is -1.20. The Kier molecular flexibility index (Phi) is 5.35. The molecule has 1 atom stereocenters. The molecule has 20 heavy (non-hydrogen) atoms. The van der Waals surface area contributed by atoms with Gasteiger partial charge in [-0.3, -0.25) is 4.79 Å². The van der Waals surface area contributed by atoms with E-state index in [2.05, 4.69) is 4.74 Å². The summed E-state index contributed by atoms with van der Waals surface area (Å²) in [5.74, 6) is -1.53. The van der Waals surface area contributed by atoms with Gasteiger partial charge < -0.3 is 19.6 Å². The van der Waals surface area contributed by atoms with Crippen LogP contribution in [0.1, 0.15) is 33.1 Å². The van der Waals surface area contributed by atoms with Gasteiger partial charge in [-0.2, -0.15) is 0 Å². The lowest BCUT2D eigenvalue weighted by molar-refractivity contribution is -0.147. The Bertz CT molecular complexity index is 398. The van der Waals surface area contributed by atoms with Crippen molar-refractivity contribution in [3.05, 3.63) is 0 Å². The summed E-state index contributed by atoms with van der Waals surface area (Å²) in [4.78, 5) is 37.9. The number of esters is 1. The summed E-state index contributed by atoms with van der Waals surface area (Å²) < 4.78 is 4.57. The van der Waals surface area contributed by atoms with Gasteiger partial charge >= 0.3 is 18.0 Å². The minimum atomic E-state index is -1.20. The Morgan fingerprint density at radius 3 is 2.55 bits per heavy atom. The molecule has 0 aromatic rings. The molecule has 1 saturated heterocycles. The Balaban J connectivity index is 2.88. The Hall–Kier alpha value is -1.79. The molecule has 0 bridgehead atoms. The Morgan fingerprint density at radius 2 is 2.05 bits per heavy atom. The highest BCUT2D eigenvalue weighted by molar-refractivity contribution is 5.88. The highest BCUT2D eigenvalue weighted by Gasteiger charge is 2.47. The number of nitrogens with zero attached hydrogens (tertiary/aromatic N) is 2. The molecule has 2 amide bonds. The molecule has 0 saturated carbocycles. The van der Waals surface area contributed by atoms with E-state index in [1.54, 1.807) is 6.92 Å². The third-order valence-electron chi connectivity index (χ3n) is 3.64. The fourth-order valence-corrected chi connectivity index (χ4v) is 2.40. The first kappa shape index (κ1) is 16.3. The number of rotatable bonds is 5. The first-order valence-corrected chi connectivity index (χ1v) is 6.73. The van der Waals surface area contributed by atoms with Crippen molar-refractivity contribution >= 4 is 18.0 Å². The lowest BCUT2D eigenvalue weighted by atomic mass is 10.00. The van der Waals surface area contributed by atoms with Gasteiger partial charge in [-0.1, -0.05) is 6.92 Å². The van der Waals surface area contributed by atoms with Crippen molar-refractivity contribution in [2.45, 2.75) is 38.6 Å². The SMILES string of the molecule is CCCN(CC(=O)OC)C(=O)N1CCCC1(C)C(=O)O. The number of carboxylic acids is 1. The number of urea groups is 1. The maximum Gasteiger partial charge on any atom is 0.329 e. The molecular formula is C13H22N2O5. The van der Waals surface area contributed by atoms with Gasteiger partial charge in [-0.05, 0) is 26.2 Å². The van der Waals surface area contributed by atoms with Crippen LogP contribution in [0.3, 0.4) is 0 Å². The Labute approximate surface area is 118 Å². The molecule has 1 heterocycles. The normalized spacial score (nSPS) is 21.6. The second-order valence-corrected chi connectivity index (χ2v) is 5.11. The molecule has 114 valence electrons. The molecule has 1 aliphatic heterocycles. The summed E-state index contributed by atoms with van der Waals surface area (Å²) in [7, 11) is 1.26. The van der Waals surface area contributed by atoms with Gasteiger partial charge in [0.25, 0.3) is 0 Å². The molecule has 0 spiro atoms. The number of likely N-dealkylation sites (tertiary alicyclic amines) is 1. The summed E-state index contributed by atoms with van der Waals surface area (Å²) in [5, 5.41) is 9.33. The van der Waals surface area contributed by atoms with Crippen molar-refractivity contribution < 1.29 is 24.2 Å². The molecule has 0 radical (unpaired) electrons. The van der Waals surface area contributed by atoms with E-state index in [9.17, 15) is 19.5 Å². The standard InChI is InChI=1S/C13H22N2O5/c1-4-7-14(9-10(16)20-3)12(19)15-8-5-6-13(15,2)11(17)18/h4-9H2,1-3H3,(H,17,18). The second kappa shape index (κ2) is 6.58. The number of amides is 2. The number of carbonyl (C=O) groups is 3. The van der Waals surface area contributed by atoms with Crippen LogP contribution in [-0.4, -0.2) is 65.2 Å². The number of carboxylic acid groups (broad SMARTS) is 1. The van der Waals surface area contributed by atoms with Crippen LogP contribution in [0.25, 0.3) is 0 Å². The van der Waals surface area contributed by atoms with E-state index in [1.807, 2.05) is 6.92 Å². The predicted octanol–water partition coefficient (Wildman–Crippen LogP) is 0.930. The van der Waals surface area contributed by atoms with Crippen LogP contribution in [0.2, 0.25) is 0 Å². The van der Waals surface area contributed by atoms with Crippen molar-refractivity contribution in [2.24, 2.45) is 0 Å². The average Bonchev–Trinajstić information content (AvgIpc) is 2.80. The monoisotopic (exact) mass is 286 g/mol. The van der Waals surface area contributed by atoms with Gasteiger partial charge in [0, 0.05) is 13.1 Å². The van der Waals surface area contributed by atoms with Crippen LogP contribution in [0.15, 0.2) is 0 Å². The van der Waals surface area contributed by atoms with Crippen LogP contribution in [0.4, 0.5) is 4.79 Å². The molecule has 1 rings (SSSR count). The van der Waals surface area contributed by atoms with E-state index >= 15 is 0 Å². The number of ether oxygens (including phenoxy) is 1. The summed E-state index contributed by atoms with van der Waals surface area (Å²) >= 11 is 0. The zero-order valence-electron chi connectivity index (χ0n) is 12.2. The zero-order valence-corrected chi connectivity index (χ0v) is 12.2. The molecule has 1 unspecified atom stereocenters. The highest BCUT2D eigenvalue weighted by atomic mass is 16.5. The molecule has 7 heteroatoms. The summed E-state index contributed by atoms with van der Waals surface area (Å²) in [6.07, 6.45) is 1.75. The van der Waals surface area contributed by atoms with Gasteiger partial charge in [0.05, 0.1) is 7.11 Å². The van der Waals surface area contributed by atoms with E-state index in [0.717, 1.165) is 0 Å². The van der Waals surface area contributed by atoms with Crippen molar-refractivity contribution in [3.63, 3.8) is 0 Å². The molecule has 0 aliphatic carbocycles. The van der Waals surface area contributed by atoms with E-state index < -0.39 is 23.5 Å². The molecule has 0 aromatic carbocycles. The smallest absolute Gasteiger partial charge is 0.329 e. The topological polar surface area (TPSA) is 87.2 Å². The molecule has 1 N–H and O–H groups in total. The minimum Gasteiger partial charge on any atom is -0.480 e. The number of methoxy groups -OCH3 is 1. The third kappa shape index (κ3) is 3.20. The molecule has 7 nitrogen and oxygen atoms in total. The Morgan fingerprint density at radius 1 is 1.40 bits per heavy atom. The van der Waals surface area contributed by atoms with Crippen molar-refractivity contribution in [3.8, 4) is 0 Å². The fourth-order valence-electron chi connectivity index (χ4n) is 2.40. The number of aliphatic carboxylic acids is 1. The van der Waals surface area contributed by atoms with Gasteiger partial charge in [0.1, 0.15) is 12.1 Å². The van der Waals surface area contributed by atoms with Gasteiger partial charge in [0.2, 0.25) is 0 Å². The molecule has 1 aliphatic rings. The molecule has 0 aromatic heterocycles. The summed E-state index contributed by atoms with van der Waals surface area (Å²) in [6.45, 7) is 4.05. The second-order valence-electron chi connectivity index (χ2n) is 5.11. The number of carbonyl (C=O) groups excluding carboxylic acids is 2. The number of hydrogen-bond acceptors (Lipinski definition) is 4. The van der Waals surface area contributed by atoms with Crippen LogP contribution in [-0.2, 0) is 14.3 Å². The maximum absolute atomic E-state index is 12.5. The van der Waals surface area contributed by atoms with Crippen LogP contribution >= 0.6 is 0 Å². The van der Waals surface area contributed by atoms with Gasteiger partial charge in [-0.25, -0.2) is 9.59 Å². The average molecular weight is 286 g/mol. The third-order valence-corrected chi connectivity index (χ3v) is 3.64. The largest absolute Gasteiger partial charge is 0.480 e. The predicted molar refractivity (Wildman–Crippen MR) is 71.3 cm³/mol.